The summed E-state index contributed by atoms with van der Waals surface area (Å²) in [5.74, 6) is 1.92. The second-order valence-corrected chi connectivity index (χ2v) is 19.6. The van der Waals surface area contributed by atoms with E-state index in [1.54, 1.807) is 14.2 Å². The van der Waals surface area contributed by atoms with E-state index in [0.29, 0.717) is 0 Å². The summed E-state index contributed by atoms with van der Waals surface area (Å²) in [7, 11) is 3.48. The Morgan fingerprint density at radius 3 is 0.972 bits per heavy atom. The predicted molar refractivity (Wildman–Crippen MR) is 300 cm³/mol. The van der Waals surface area contributed by atoms with Gasteiger partial charge in [0.1, 0.15) is 11.5 Å². The van der Waals surface area contributed by atoms with Gasteiger partial charge in [-0.2, -0.15) is 0 Å². The number of aryl methyl sites for hydroxylation is 4. The molecule has 71 heavy (non-hydrogen) atoms. The number of nitrogens with zero attached hydrogens (tertiary/aromatic N) is 4. The molecule has 0 atom stereocenters. The fraction of sp³-hybridized carbons (Fsp3) is 0.238. The fourth-order valence-corrected chi connectivity index (χ4v) is 10.3. The number of rotatable bonds is 6. The Kier molecular flexibility index (Phi) is 16.3. The quantitative estimate of drug-likeness (QED) is 0.165. The van der Waals surface area contributed by atoms with E-state index >= 15 is 0 Å². The largest absolute Gasteiger partial charge is 0.495 e. The lowest BCUT2D eigenvalue weighted by Crippen LogP contribution is -2.15. The van der Waals surface area contributed by atoms with Gasteiger partial charge in [-0.25, -0.2) is 0 Å². The van der Waals surface area contributed by atoms with Gasteiger partial charge in [0.25, 0.3) is 0 Å². The highest BCUT2D eigenvalue weighted by molar-refractivity contribution is 6.33. The molecule has 0 saturated heterocycles. The van der Waals surface area contributed by atoms with Gasteiger partial charge < -0.3 is 29.1 Å². The van der Waals surface area contributed by atoms with Crippen LogP contribution in [0.2, 0.25) is 10.0 Å². The molecule has 8 aromatic rings. The van der Waals surface area contributed by atoms with E-state index in [4.69, 9.17) is 32.7 Å². The summed E-state index contributed by atoms with van der Waals surface area (Å²) in [6, 6.07) is 59.7. The zero-order chi connectivity index (χ0) is 48.7. The molecule has 6 nitrogen and oxygen atoms in total. The molecule has 12 rings (SSSR count). The van der Waals surface area contributed by atoms with Crippen LogP contribution in [-0.2, 0) is 52.4 Å². The predicted octanol–water partition coefficient (Wildman–Crippen LogP) is 16.0. The Morgan fingerprint density at radius 1 is 0.338 bits per heavy atom. The molecule has 0 amide bonds. The molecule has 4 heterocycles. The minimum Gasteiger partial charge on any atom is -0.495 e. The molecule has 0 aliphatic carbocycles. The number of benzene rings is 8. The summed E-state index contributed by atoms with van der Waals surface area (Å²) in [6.45, 7) is 16.0. The highest BCUT2D eigenvalue weighted by Crippen LogP contribution is 2.38. The molecule has 4 aliphatic rings. The van der Waals surface area contributed by atoms with Crippen molar-refractivity contribution in [2.75, 3.05) is 33.8 Å². The van der Waals surface area contributed by atoms with Crippen LogP contribution >= 0.6 is 23.2 Å². The zero-order valence-corrected chi connectivity index (χ0v) is 42.7. The molecule has 0 saturated carbocycles. The van der Waals surface area contributed by atoms with Crippen LogP contribution in [0.3, 0.4) is 0 Å². The normalized spacial score (nSPS) is 13.5. The van der Waals surface area contributed by atoms with E-state index in [2.05, 4.69) is 204 Å². The summed E-state index contributed by atoms with van der Waals surface area (Å²) in [5, 5.41) is 1.69. The van der Waals surface area contributed by atoms with Crippen LogP contribution in [0.15, 0.2) is 170 Å². The van der Waals surface area contributed by atoms with Crippen molar-refractivity contribution in [3.63, 3.8) is 0 Å². The SMILES string of the molecule is C.COc1cc(C)ccc1N1Cc2ccccc2C1.COc1cc(C)ccc1N1Cc2ccccc2C1.Cc1ccc(N2Cc3ccccc3C2)c(Cl)c1.Cc1ccc(N2Cc3ccccc3C2)cc1Cl. The lowest BCUT2D eigenvalue weighted by atomic mass is 10.1. The van der Waals surface area contributed by atoms with Gasteiger partial charge in [-0.05, 0) is 143 Å². The molecule has 0 radical (unpaired) electrons. The van der Waals surface area contributed by atoms with E-state index in [0.717, 1.165) is 85.2 Å². The molecule has 0 aromatic heterocycles. The first-order valence-electron chi connectivity index (χ1n) is 24.1. The monoisotopic (exact) mass is 980 g/mol. The van der Waals surface area contributed by atoms with Crippen LogP contribution in [-0.4, -0.2) is 14.2 Å². The van der Waals surface area contributed by atoms with Crippen molar-refractivity contribution < 1.29 is 9.47 Å². The highest BCUT2D eigenvalue weighted by atomic mass is 35.5. The minimum absolute atomic E-state index is 0. The fourth-order valence-electron chi connectivity index (χ4n) is 9.77. The third-order valence-electron chi connectivity index (χ3n) is 13.7. The summed E-state index contributed by atoms with van der Waals surface area (Å²) in [6.07, 6.45) is 0. The zero-order valence-electron chi connectivity index (χ0n) is 41.2. The molecular formula is C63H66Cl2N4O2. The number of methoxy groups -OCH3 is 2. The van der Waals surface area contributed by atoms with Gasteiger partial charge in [0.05, 0.1) is 36.3 Å². The van der Waals surface area contributed by atoms with Gasteiger partial charge in [0, 0.05) is 63.1 Å². The van der Waals surface area contributed by atoms with Gasteiger partial charge >= 0.3 is 0 Å². The second-order valence-electron chi connectivity index (χ2n) is 18.7. The standard InChI is InChI=1S/2C16H17NO.2C15H14ClN.CH4/c2*1-12-7-8-15(16(9-12)18-2)17-10-13-5-3-4-6-14(13)11-17;1-11-6-7-14(8-15(11)16)17-9-12-4-2-3-5-13(12)10-17;1-11-6-7-15(14(16)8-11)17-9-12-4-2-3-5-13(12)10-17;/h2*3-9H,10-11H2,1-2H3;2*2-8H,9-10H2,1H3;1H4. The van der Waals surface area contributed by atoms with Crippen molar-refractivity contribution in [3.8, 4) is 11.5 Å². The van der Waals surface area contributed by atoms with E-state index in [1.165, 1.54) is 78.3 Å². The third-order valence-corrected chi connectivity index (χ3v) is 14.4. The van der Waals surface area contributed by atoms with E-state index in [-0.39, 0.29) is 7.43 Å². The Morgan fingerprint density at radius 2 is 0.648 bits per heavy atom. The maximum Gasteiger partial charge on any atom is 0.142 e. The number of hydrogen-bond acceptors (Lipinski definition) is 6. The van der Waals surface area contributed by atoms with Crippen molar-refractivity contribution >= 4 is 46.0 Å². The van der Waals surface area contributed by atoms with Crippen LogP contribution in [0.5, 0.6) is 11.5 Å². The van der Waals surface area contributed by atoms with Gasteiger partial charge in [-0.3, -0.25) is 0 Å². The lowest BCUT2D eigenvalue weighted by molar-refractivity contribution is 0.414. The highest BCUT2D eigenvalue weighted by Gasteiger charge is 2.24. The first kappa shape index (κ1) is 50.5. The van der Waals surface area contributed by atoms with Crippen molar-refractivity contribution in [1.29, 1.82) is 0 Å². The molecule has 0 fully saturated rings. The van der Waals surface area contributed by atoms with Crippen LogP contribution in [0.25, 0.3) is 0 Å². The van der Waals surface area contributed by atoms with Crippen LogP contribution in [0.4, 0.5) is 22.7 Å². The number of ether oxygens (including phenoxy) is 2. The van der Waals surface area contributed by atoms with Gasteiger partial charge in [-0.15, -0.1) is 0 Å². The number of hydrogen-bond donors (Lipinski definition) is 0. The Bertz CT molecular complexity index is 2910. The Labute approximate surface area is 432 Å². The van der Waals surface area contributed by atoms with Crippen LogP contribution in [0, 0.1) is 27.7 Å². The average Bonchev–Trinajstić information content (AvgIpc) is 4.20. The Hall–Kier alpha value is -6.86. The number of anilines is 4. The van der Waals surface area contributed by atoms with Gasteiger partial charge in [-0.1, -0.05) is 152 Å². The van der Waals surface area contributed by atoms with Crippen molar-refractivity contribution in [2.24, 2.45) is 0 Å². The maximum atomic E-state index is 6.31. The molecule has 8 aromatic carbocycles. The number of fused-ring (bicyclic) bond motifs is 4. The summed E-state index contributed by atoms with van der Waals surface area (Å²) < 4.78 is 11.0. The molecule has 8 heteroatoms. The topological polar surface area (TPSA) is 31.4 Å². The maximum absolute atomic E-state index is 6.31. The second kappa shape index (κ2) is 22.9. The molecule has 364 valence electrons. The molecule has 0 unspecified atom stereocenters. The van der Waals surface area contributed by atoms with E-state index in [1.807, 2.05) is 13.0 Å². The van der Waals surface area contributed by atoms with Gasteiger partial charge in [0.2, 0.25) is 0 Å². The first-order valence-corrected chi connectivity index (χ1v) is 24.9. The van der Waals surface area contributed by atoms with Crippen LogP contribution < -0.4 is 29.1 Å². The summed E-state index contributed by atoms with van der Waals surface area (Å²) in [4.78, 5) is 9.41. The van der Waals surface area contributed by atoms with Crippen molar-refractivity contribution in [3.05, 3.63) is 247 Å². The van der Waals surface area contributed by atoms with E-state index < -0.39 is 0 Å². The van der Waals surface area contributed by atoms with Crippen molar-refractivity contribution in [2.45, 2.75) is 87.5 Å². The molecular weight excluding hydrogens is 916 g/mol. The summed E-state index contributed by atoms with van der Waals surface area (Å²) >= 11 is 12.5. The first-order chi connectivity index (χ1) is 34.0. The summed E-state index contributed by atoms with van der Waals surface area (Å²) in [5.41, 5.74) is 20.8. The van der Waals surface area contributed by atoms with Crippen LogP contribution in [0.1, 0.15) is 74.2 Å². The molecule has 0 bridgehead atoms. The minimum atomic E-state index is 0. The molecule has 0 N–H and O–H groups in total. The smallest absolute Gasteiger partial charge is 0.142 e. The lowest BCUT2D eigenvalue weighted by Gasteiger charge is -2.21. The van der Waals surface area contributed by atoms with E-state index in [9.17, 15) is 0 Å². The van der Waals surface area contributed by atoms with Gasteiger partial charge in [0.15, 0.2) is 0 Å². The average molecular weight is 982 g/mol. The Balaban J connectivity index is 0.000000126. The number of halogens is 2. The molecule has 4 aliphatic heterocycles. The van der Waals surface area contributed by atoms with Crippen molar-refractivity contribution in [1.82, 2.24) is 0 Å². The molecule has 0 spiro atoms. The third kappa shape index (κ3) is 11.8.